The topological polar surface area (TPSA) is 96.4 Å². The summed E-state index contributed by atoms with van der Waals surface area (Å²) in [7, 11) is 0. The van der Waals surface area contributed by atoms with Crippen molar-refractivity contribution in [2.75, 3.05) is 17.4 Å². The Hall–Kier alpha value is -1.61. The van der Waals surface area contributed by atoms with Crippen LogP contribution in [0.25, 0.3) is 0 Å². The van der Waals surface area contributed by atoms with E-state index in [0.29, 0.717) is 18.2 Å². The molecular formula is C18H30FN3O4S. The molecule has 7 nitrogen and oxygen atoms in total. The molecule has 1 aliphatic carbocycles. The molecule has 3 rings (SSSR count). The number of hydrogen-bond donors (Lipinski definition) is 1. The van der Waals surface area contributed by atoms with Crippen molar-refractivity contribution in [2.24, 2.45) is 5.92 Å². The summed E-state index contributed by atoms with van der Waals surface area (Å²) in [5.74, 6) is 0.773. The molecular weight excluding hydrogens is 373 g/mol. The van der Waals surface area contributed by atoms with Gasteiger partial charge in [-0.1, -0.05) is 33.6 Å². The van der Waals surface area contributed by atoms with Crippen LogP contribution in [-0.2, 0) is 14.3 Å². The van der Waals surface area contributed by atoms with Gasteiger partial charge >= 0.3 is 5.69 Å². The third-order valence-electron chi connectivity index (χ3n) is 3.98. The SMILES string of the molecule is CCC.C[C@@H]1CCCC(OC=O)C1.Nc1nc(=O)n([C@@H]2CSCO2)cc1F. The zero-order valence-corrected chi connectivity index (χ0v) is 17.0. The van der Waals surface area contributed by atoms with Crippen molar-refractivity contribution in [1.29, 1.82) is 0 Å². The van der Waals surface area contributed by atoms with Crippen LogP contribution in [0, 0.1) is 11.7 Å². The predicted octanol–water partition coefficient (Wildman–Crippen LogP) is 3.34. The van der Waals surface area contributed by atoms with Gasteiger partial charge in [-0.3, -0.25) is 9.36 Å². The van der Waals surface area contributed by atoms with Crippen molar-refractivity contribution in [1.82, 2.24) is 9.55 Å². The average Bonchev–Trinajstić information content (AvgIpc) is 3.14. The molecule has 9 heteroatoms. The molecule has 2 heterocycles. The third-order valence-corrected chi connectivity index (χ3v) is 4.81. The van der Waals surface area contributed by atoms with Crippen LogP contribution in [0.5, 0.6) is 0 Å². The van der Waals surface area contributed by atoms with E-state index < -0.39 is 17.7 Å². The lowest BCUT2D eigenvalue weighted by Crippen LogP contribution is -2.29. The molecule has 0 amide bonds. The monoisotopic (exact) mass is 403 g/mol. The van der Waals surface area contributed by atoms with Crippen LogP contribution >= 0.6 is 11.8 Å². The Balaban J connectivity index is 0.000000246. The number of ether oxygens (including phenoxy) is 2. The highest BCUT2D eigenvalue weighted by atomic mass is 32.2. The maximum absolute atomic E-state index is 13.0. The first-order valence-corrected chi connectivity index (χ1v) is 10.4. The minimum atomic E-state index is -0.704. The molecule has 0 bridgehead atoms. The van der Waals surface area contributed by atoms with Gasteiger partial charge in [-0.25, -0.2) is 9.18 Å². The maximum Gasteiger partial charge on any atom is 0.351 e. The molecule has 154 valence electrons. The Labute approximate surface area is 163 Å². The number of halogens is 1. The second-order valence-corrected chi connectivity index (χ2v) is 7.58. The Kier molecular flexibility index (Phi) is 11.0. The van der Waals surface area contributed by atoms with Gasteiger partial charge in [-0.2, -0.15) is 4.98 Å². The van der Waals surface area contributed by atoms with E-state index in [1.54, 1.807) is 0 Å². The minimum Gasteiger partial charge on any atom is -0.465 e. The molecule has 1 saturated heterocycles. The lowest BCUT2D eigenvalue weighted by molar-refractivity contribution is -0.135. The van der Waals surface area contributed by atoms with Crippen LogP contribution < -0.4 is 11.4 Å². The summed E-state index contributed by atoms with van der Waals surface area (Å²) in [6.07, 6.45) is 6.66. The largest absolute Gasteiger partial charge is 0.465 e. The standard InChI is InChI=1S/C8H14O2.C7H8FN3O2S.C3H8/c1-7-3-2-4-8(5-7)10-6-9;8-4-1-11(5-2-14-3-13-5)7(12)10-6(4)9;1-3-2/h6-8H,2-5H2,1H3;1,5H,2-3H2,(H2,9,10,12);3H2,1-2H3/t7-,8?;5-;/m10./s1. The van der Waals surface area contributed by atoms with E-state index in [0.717, 1.165) is 29.5 Å². The van der Waals surface area contributed by atoms with Gasteiger partial charge in [-0.05, 0) is 25.2 Å². The fourth-order valence-corrected chi connectivity index (χ4v) is 3.54. The van der Waals surface area contributed by atoms with Crippen molar-refractivity contribution in [3.63, 3.8) is 0 Å². The van der Waals surface area contributed by atoms with Crippen molar-refractivity contribution in [3.8, 4) is 0 Å². The van der Waals surface area contributed by atoms with Crippen molar-refractivity contribution in [2.45, 2.75) is 65.2 Å². The molecule has 27 heavy (non-hydrogen) atoms. The fraction of sp³-hybridized carbons (Fsp3) is 0.722. The molecule has 1 aliphatic heterocycles. The molecule has 2 aliphatic rings. The number of nitrogens with two attached hydrogens (primary N) is 1. The highest BCUT2D eigenvalue weighted by Crippen LogP contribution is 2.25. The van der Waals surface area contributed by atoms with Crippen molar-refractivity contribution >= 4 is 24.1 Å². The van der Waals surface area contributed by atoms with Crippen LogP contribution in [0.1, 0.15) is 59.1 Å². The lowest BCUT2D eigenvalue weighted by atomic mass is 9.89. The minimum absolute atomic E-state index is 0.209. The van der Waals surface area contributed by atoms with Gasteiger partial charge in [0.2, 0.25) is 0 Å². The van der Waals surface area contributed by atoms with Gasteiger partial charge in [-0.15, -0.1) is 11.8 Å². The van der Waals surface area contributed by atoms with Gasteiger partial charge in [0, 0.05) is 5.75 Å². The Bertz CT molecular complexity index is 623. The molecule has 2 fully saturated rings. The highest BCUT2D eigenvalue weighted by molar-refractivity contribution is 7.99. The van der Waals surface area contributed by atoms with E-state index in [1.165, 1.54) is 31.0 Å². The van der Waals surface area contributed by atoms with Gasteiger partial charge in [0.1, 0.15) is 12.3 Å². The average molecular weight is 404 g/mol. The number of nitrogens with zero attached hydrogens (tertiary/aromatic N) is 2. The molecule has 0 aromatic carbocycles. The zero-order valence-electron chi connectivity index (χ0n) is 16.2. The number of anilines is 1. The number of aromatic nitrogens is 2. The molecule has 3 atom stereocenters. The summed E-state index contributed by atoms with van der Waals surface area (Å²) in [4.78, 5) is 24.6. The number of carbonyl (C=O) groups is 1. The number of nitrogen functional groups attached to an aromatic ring is 1. The Morgan fingerprint density at radius 2 is 2.19 bits per heavy atom. The third kappa shape index (κ3) is 8.30. The van der Waals surface area contributed by atoms with E-state index in [9.17, 15) is 14.0 Å². The molecule has 0 spiro atoms. The Morgan fingerprint density at radius 1 is 1.48 bits per heavy atom. The molecule has 1 saturated carbocycles. The second kappa shape index (κ2) is 12.7. The van der Waals surface area contributed by atoms with Crippen molar-refractivity contribution < 1.29 is 18.7 Å². The summed E-state index contributed by atoms with van der Waals surface area (Å²) in [6.45, 7) is 7.03. The molecule has 0 radical (unpaired) electrons. The van der Waals surface area contributed by atoms with Crippen LogP contribution in [0.3, 0.4) is 0 Å². The summed E-state index contributed by atoms with van der Waals surface area (Å²) in [6, 6.07) is 0. The highest BCUT2D eigenvalue weighted by Gasteiger charge is 2.20. The van der Waals surface area contributed by atoms with Gasteiger partial charge in [0.25, 0.3) is 6.47 Å². The first-order chi connectivity index (χ1) is 12.9. The smallest absolute Gasteiger partial charge is 0.351 e. The van der Waals surface area contributed by atoms with E-state index in [2.05, 4.69) is 25.8 Å². The van der Waals surface area contributed by atoms with Gasteiger partial charge < -0.3 is 15.2 Å². The van der Waals surface area contributed by atoms with Crippen LogP contribution in [-0.4, -0.2) is 33.8 Å². The summed E-state index contributed by atoms with van der Waals surface area (Å²) >= 11 is 1.53. The van der Waals surface area contributed by atoms with Gasteiger partial charge in [0.15, 0.2) is 11.6 Å². The van der Waals surface area contributed by atoms with E-state index in [4.69, 9.17) is 15.2 Å². The number of hydrogen-bond acceptors (Lipinski definition) is 7. The van der Waals surface area contributed by atoms with Crippen molar-refractivity contribution in [3.05, 3.63) is 22.5 Å². The quantitative estimate of drug-likeness (QED) is 0.773. The second-order valence-electron chi connectivity index (χ2n) is 6.61. The fourth-order valence-electron chi connectivity index (χ4n) is 2.73. The first kappa shape index (κ1) is 23.4. The summed E-state index contributed by atoms with van der Waals surface area (Å²) in [5.41, 5.74) is 4.56. The maximum atomic E-state index is 13.0. The van der Waals surface area contributed by atoms with Crippen LogP contribution in [0.2, 0.25) is 0 Å². The number of carbonyl (C=O) groups excluding carboxylic acids is 1. The molecule has 1 aromatic rings. The van der Waals surface area contributed by atoms with Crippen LogP contribution in [0.4, 0.5) is 10.2 Å². The number of thioether (sulfide) groups is 1. The molecule has 2 N–H and O–H groups in total. The van der Waals surface area contributed by atoms with Crippen LogP contribution in [0.15, 0.2) is 11.0 Å². The normalized spacial score (nSPS) is 24.1. The molecule has 1 unspecified atom stereocenters. The van der Waals surface area contributed by atoms with E-state index >= 15 is 0 Å². The van der Waals surface area contributed by atoms with Gasteiger partial charge in [0.05, 0.1) is 12.1 Å². The summed E-state index contributed by atoms with van der Waals surface area (Å²) < 4.78 is 24.2. The lowest BCUT2D eigenvalue weighted by Gasteiger charge is -2.24. The number of rotatable bonds is 3. The molecule has 1 aromatic heterocycles. The summed E-state index contributed by atoms with van der Waals surface area (Å²) in [5, 5.41) is 0. The Morgan fingerprint density at radius 3 is 2.74 bits per heavy atom. The van der Waals surface area contributed by atoms with E-state index in [1.807, 2.05) is 0 Å². The first-order valence-electron chi connectivity index (χ1n) is 9.25. The predicted molar refractivity (Wildman–Crippen MR) is 105 cm³/mol. The van der Waals surface area contributed by atoms with E-state index in [-0.39, 0.29) is 11.9 Å². The zero-order chi connectivity index (χ0) is 20.2.